The fourth-order valence-corrected chi connectivity index (χ4v) is 5.35. The van der Waals surface area contributed by atoms with E-state index < -0.39 is 87.6 Å². The normalized spacial score (nSPS) is 14.4. The van der Waals surface area contributed by atoms with Gasteiger partial charge in [-0.15, -0.1) is 9.24 Å². The van der Waals surface area contributed by atoms with Crippen LogP contribution in [0.25, 0.3) is 0 Å². The van der Waals surface area contributed by atoms with E-state index in [0.29, 0.717) is 18.2 Å². The van der Waals surface area contributed by atoms with Gasteiger partial charge in [0.25, 0.3) is 6.47 Å². The second kappa shape index (κ2) is 41.6. The SMILES string of the molecule is CN1c2nc(Cl)ncc2OCC1CC(F)(F)F.CNc1nc(Cl)ncc1O.CNc1nc(Cl)ncc1OCC(=O)CC(F)(F)F.CNc1nc(Cl)ncc1OCC(O)CC(F)(F)F.FC(F)(F)CC1CO1.O=CO[O-].[2H]CP.[Cs+].[Cs+].[H-]. The molecular formula is C38H47Cl4Cs2F12N12O10P. The van der Waals surface area contributed by atoms with Gasteiger partial charge in [-0.25, -0.2) is 19.9 Å². The summed E-state index contributed by atoms with van der Waals surface area (Å²) in [5, 5.41) is 34.5. The van der Waals surface area contributed by atoms with Gasteiger partial charge in [0, 0.05) is 29.6 Å². The third-order valence-electron chi connectivity index (χ3n) is 7.97. The van der Waals surface area contributed by atoms with Gasteiger partial charge < -0.3 is 61.6 Å². The number of hydrogen-bond acceptors (Lipinski definition) is 22. The van der Waals surface area contributed by atoms with Crippen molar-refractivity contribution in [1.29, 1.82) is 0 Å². The van der Waals surface area contributed by atoms with Gasteiger partial charge in [0.05, 0.1) is 68.9 Å². The molecule has 41 heteroatoms. The molecule has 4 aromatic rings. The predicted octanol–water partition coefficient (Wildman–Crippen LogP) is 1.48. The summed E-state index contributed by atoms with van der Waals surface area (Å²) in [6.07, 6.45) is -19.1. The average Bonchev–Trinajstić information content (AvgIpc) is 4.15. The first-order valence-corrected chi connectivity index (χ1v) is 22.7. The zero-order valence-corrected chi connectivity index (χ0v) is 58.5. The zero-order chi connectivity index (χ0) is 60.0. The van der Waals surface area contributed by atoms with Crippen molar-refractivity contribution in [2.24, 2.45) is 0 Å². The van der Waals surface area contributed by atoms with E-state index in [1.165, 1.54) is 50.8 Å². The van der Waals surface area contributed by atoms with E-state index in [2.05, 4.69) is 74.7 Å². The third kappa shape index (κ3) is 39.7. The summed E-state index contributed by atoms with van der Waals surface area (Å²) >= 11 is 22.1. The summed E-state index contributed by atoms with van der Waals surface area (Å²) in [7, 11) is 8.47. The Bertz CT molecular complexity index is 2420. The van der Waals surface area contributed by atoms with Crippen molar-refractivity contribution in [3.63, 3.8) is 0 Å². The minimum Gasteiger partial charge on any atom is -1.00 e. The molecule has 0 aliphatic carbocycles. The van der Waals surface area contributed by atoms with E-state index in [0.717, 1.165) is 0 Å². The van der Waals surface area contributed by atoms with E-state index in [1.54, 1.807) is 7.05 Å². The average molecular weight is 1500 g/mol. The molecule has 2 aliphatic rings. The van der Waals surface area contributed by atoms with Crippen LogP contribution in [-0.2, 0) is 19.2 Å². The number of hydrogen-bond donors (Lipinski definition) is 5. The maximum atomic E-state index is 12.3. The Morgan fingerprint density at radius 3 is 1.62 bits per heavy atom. The molecule has 4 atom stereocenters. The van der Waals surface area contributed by atoms with E-state index in [1.807, 2.05) is 0 Å². The maximum Gasteiger partial charge on any atom is 1.00 e. The Balaban J connectivity index is -0.000000450. The van der Waals surface area contributed by atoms with Crippen LogP contribution in [0.4, 0.5) is 76.0 Å². The summed E-state index contributed by atoms with van der Waals surface area (Å²) in [6, 6.07) is -0.798. The molecule has 0 aromatic carbocycles. The Labute approximate surface area is 584 Å². The Morgan fingerprint density at radius 2 is 1.23 bits per heavy atom. The summed E-state index contributed by atoms with van der Waals surface area (Å²) in [5.41, 5.74) is 0. The molecule has 4 aromatic heterocycles. The largest absolute Gasteiger partial charge is 1.00 e. The molecule has 6 heterocycles. The molecular weight excluding hydrogens is 1450 g/mol. The number of carbonyl (C=O) groups excluding carboxylic acids is 2. The topological polar surface area (TPSA) is 290 Å². The summed E-state index contributed by atoms with van der Waals surface area (Å²) in [5.74, 6) is 0.455. The fraction of sp³-hybridized carbons (Fsp3) is 0.526. The molecule has 5 N–H and O–H groups in total. The summed E-state index contributed by atoms with van der Waals surface area (Å²) in [6.45, 7) is -0.758. The molecule has 0 bridgehead atoms. The van der Waals surface area contributed by atoms with Crippen molar-refractivity contribution in [2.75, 3.05) is 82.1 Å². The summed E-state index contributed by atoms with van der Waals surface area (Å²) < 4.78 is 168. The van der Waals surface area contributed by atoms with Crippen molar-refractivity contribution in [3.8, 4) is 23.0 Å². The molecule has 6 rings (SSSR count). The van der Waals surface area contributed by atoms with Gasteiger partial charge in [0.15, 0.2) is 52.1 Å². The van der Waals surface area contributed by atoms with Gasteiger partial charge in [-0.05, 0) is 46.4 Å². The van der Waals surface area contributed by atoms with E-state index >= 15 is 0 Å². The van der Waals surface area contributed by atoms with Gasteiger partial charge in [0.2, 0.25) is 21.1 Å². The molecule has 79 heavy (non-hydrogen) atoms. The standard InChI is InChI=1S/C9H11ClF3N3O2.C9H9ClF3N3O2.C9H9ClF3N3O.C5H6ClN3O.C4H5F3O.CH2O3.CH5P.2Cs.H/c2*1-14-7-6(3-15-8(10)16-7)18-4-5(17)2-9(11,12)13;1-16-5(2-9(11,12)13)4-17-6-3-14-8(10)15-7(6)16;1-7-4-3(10)2-8-5(6)9-4;5-4(6,7)1-3-2-8-3;2-1-4-3;1-2;;;/h3,5,17H,2,4H2,1H3,(H,14,15,16);3H,2,4H2,1H3,(H,14,15,16);3,5H,2,4H2,1H3;2,10H,1H3,(H,7,8,9);3H,1-2H2;1,3H;2H2,1H3;;;/q;;;;;;;2*+1;-1/p-1/i;;;;;;1D;;;. The number of nitrogens with zero attached hydrogens (tertiary/aromatic N) is 9. The minimum atomic E-state index is -4.54. The number of epoxide rings is 1. The summed E-state index contributed by atoms with van der Waals surface area (Å²) in [4.78, 5) is 53.1. The van der Waals surface area contributed by atoms with Crippen molar-refractivity contribution >= 4 is 91.2 Å². The Morgan fingerprint density at radius 1 is 0.797 bits per heavy atom. The van der Waals surface area contributed by atoms with Gasteiger partial charge >= 0.3 is 162 Å². The number of aromatic nitrogens is 8. The first kappa shape index (κ1) is 79.7. The number of fused-ring (bicyclic) bond motifs is 1. The van der Waals surface area contributed by atoms with Crippen LogP contribution in [-0.4, -0.2) is 167 Å². The van der Waals surface area contributed by atoms with Crippen LogP contribution in [0.3, 0.4) is 0 Å². The molecule has 0 saturated carbocycles. The number of aromatic hydroxyl groups is 1. The predicted molar refractivity (Wildman–Crippen MR) is 254 cm³/mol. The monoisotopic (exact) mass is 1500 g/mol. The van der Waals surface area contributed by atoms with Crippen LogP contribution in [0.15, 0.2) is 24.8 Å². The maximum absolute atomic E-state index is 12.3. The van der Waals surface area contributed by atoms with E-state index in [-0.39, 0.29) is 215 Å². The van der Waals surface area contributed by atoms with Crippen LogP contribution >= 0.6 is 55.6 Å². The van der Waals surface area contributed by atoms with E-state index in [9.17, 15) is 57.5 Å². The van der Waals surface area contributed by atoms with Crippen LogP contribution in [0.5, 0.6) is 23.0 Å². The molecule has 0 spiro atoms. The fourth-order valence-electron chi connectivity index (χ4n) is 4.82. The zero-order valence-electron chi connectivity index (χ0n) is 43.8. The van der Waals surface area contributed by atoms with Crippen LogP contribution in [0.1, 0.15) is 28.5 Å². The number of rotatable bonds is 14. The Kier molecular flexibility index (Phi) is 41.9. The van der Waals surface area contributed by atoms with Crippen LogP contribution in [0, 0.1) is 0 Å². The molecule has 0 amide bonds. The molecule has 22 nitrogen and oxygen atoms in total. The van der Waals surface area contributed by atoms with Crippen molar-refractivity contribution in [2.45, 2.75) is 68.6 Å². The molecule has 2 aliphatic heterocycles. The number of ether oxygens (including phenoxy) is 4. The molecule has 438 valence electrons. The molecule has 0 radical (unpaired) electrons. The quantitative estimate of drug-likeness (QED) is 0.0227. The first-order valence-electron chi connectivity index (χ1n) is 21.1. The third-order valence-corrected chi connectivity index (χ3v) is 8.70. The van der Waals surface area contributed by atoms with Crippen molar-refractivity contribution in [1.82, 2.24) is 39.9 Å². The number of carbonyl (C=O) groups is 2. The number of anilines is 4. The minimum absolute atomic E-state index is 0. The second-order valence-corrected chi connectivity index (χ2v) is 15.3. The van der Waals surface area contributed by atoms with Gasteiger partial charge in [0.1, 0.15) is 26.2 Å². The van der Waals surface area contributed by atoms with Crippen LogP contribution in [0.2, 0.25) is 21.1 Å². The molecule has 4 unspecified atom stereocenters. The van der Waals surface area contributed by atoms with Crippen LogP contribution < -0.4 is 178 Å². The van der Waals surface area contributed by atoms with E-state index in [4.69, 9.17) is 82.2 Å². The van der Waals surface area contributed by atoms with Crippen molar-refractivity contribution < 1.29 is 242 Å². The number of likely N-dealkylation sites (N-methyl/N-ethyl adjacent to an activating group) is 1. The number of alkyl halides is 12. The number of halogens is 16. The first-order chi connectivity index (χ1) is 36.1. The number of aliphatic hydroxyl groups excluding tert-OH is 1. The number of aliphatic hydroxyl groups is 1. The van der Waals surface area contributed by atoms with Crippen molar-refractivity contribution in [3.05, 3.63) is 45.9 Å². The number of Topliss-reactive ketones (excluding diaryl/α,β-unsaturated/α-hetero) is 1. The molecule has 1 saturated heterocycles. The Hall–Kier alpha value is -1.41. The van der Waals surface area contributed by atoms with Gasteiger partial charge in [-0.3, -0.25) is 9.59 Å². The smallest absolute Gasteiger partial charge is 1.00 e. The second-order valence-electron chi connectivity index (χ2n) is 13.9. The molecule has 1 fully saturated rings. The van der Waals surface area contributed by atoms with Gasteiger partial charge in [-0.2, -0.15) is 72.6 Å². The number of nitrogens with one attached hydrogen (secondary N) is 3. The van der Waals surface area contributed by atoms with Gasteiger partial charge in [-0.1, -0.05) is 6.64 Å². The number of ketones is 1.